The SMILES string of the molecule is CC(C)(C)c1ccc(OCCNC(=O)CN2CCN(C(=O)c3ccccc3)CC2)cc1. The van der Waals surface area contributed by atoms with Crippen molar-refractivity contribution in [3.05, 3.63) is 65.7 Å². The number of hydrogen-bond donors (Lipinski definition) is 1. The summed E-state index contributed by atoms with van der Waals surface area (Å²) in [6.07, 6.45) is 0. The number of rotatable bonds is 7. The van der Waals surface area contributed by atoms with E-state index in [2.05, 4.69) is 43.1 Å². The average Bonchev–Trinajstić information content (AvgIpc) is 2.77. The van der Waals surface area contributed by atoms with Crippen LogP contribution in [-0.2, 0) is 10.2 Å². The molecule has 1 aliphatic rings. The molecule has 1 heterocycles. The molecule has 0 spiro atoms. The Bertz CT molecular complexity index is 852. The molecule has 0 radical (unpaired) electrons. The van der Waals surface area contributed by atoms with E-state index in [4.69, 9.17) is 4.74 Å². The molecule has 2 aromatic rings. The van der Waals surface area contributed by atoms with Crippen LogP contribution < -0.4 is 10.1 Å². The lowest BCUT2D eigenvalue weighted by molar-refractivity contribution is -0.122. The Labute approximate surface area is 185 Å². The van der Waals surface area contributed by atoms with Crippen LogP contribution in [0.1, 0.15) is 36.7 Å². The number of amides is 2. The predicted octanol–water partition coefficient (Wildman–Crippen LogP) is 2.94. The van der Waals surface area contributed by atoms with Crippen LogP contribution in [0.3, 0.4) is 0 Å². The number of ether oxygens (including phenoxy) is 1. The van der Waals surface area contributed by atoms with Crippen LogP contribution in [0.15, 0.2) is 54.6 Å². The van der Waals surface area contributed by atoms with E-state index < -0.39 is 0 Å². The second-order valence-electron chi connectivity index (χ2n) is 8.91. The van der Waals surface area contributed by atoms with Crippen LogP contribution in [-0.4, -0.2) is 67.5 Å². The number of nitrogens with zero attached hydrogens (tertiary/aromatic N) is 2. The maximum absolute atomic E-state index is 12.5. The first-order valence-corrected chi connectivity index (χ1v) is 10.9. The highest BCUT2D eigenvalue weighted by atomic mass is 16.5. The van der Waals surface area contributed by atoms with Gasteiger partial charge in [-0.15, -0.1) is 0 Å². The molecule has 1 saturated heterocycles. The van der Waals surface area contributed by atoms with Gasteiger partial charge in [0.25, 0.3) is 5.91 Å². The molecule has 1 fully saturated rings. The molecule has 2 aromatic carbocycles. The van der Waals surface area contributed by atoms with E-state index in [-0.39, 0.29) is 17.2 Å². The zero-order valence-electron chi connectivity index (χ0n) is 18.8. The molecule has 31 heavy (non-hydrogen) atoms. The van der Waals surface area contributed by atoms with Crippen molar-refractivity contribution in [3.63, 3.8) is 0 Å². The maximum Gasteiger partial charge on any atom is 0.253 e. The highest BCUT2D eigenvalue weighted by Gasteiger charge is 2.23. The van der Waals surface area contributed by atoms with Crippen LogP contribution >= 0.6 is 0 Å². The van der Waals surface area contributed by atoms with Crippen LogP contribution in [0.25, 0.3) is 0 Å². The molecular weight excluding hydrogens is 390 g/mol. The second-order valence-corrected chi connectivity index (χ2v) is 8.91. The van der Waals surface area contributed by atoms with E-state index >= 15 is 0 Å². The van der Waals surface area contributed by atoms with E-state index in [0.717, 1.165) is 5.75 Å². The average molecular weight is 424 g/mol. The summed E-state index contributed by atoms with van der Waals surface area (Å²) in [4.78, 5) is 28.7. The van der Waals surface area contributed by atoms with Gasteiger partial charge in [-0.05, 0) is 35.2 Å². The molecule has 0 aromatic heterocycles. The molecule has 166 valence electrons. The maximum atomic E-state index is 12.5. The molecule has 6 heteroatoms. The monoisotopic (exact) mass is 423 g/mol. The van der Waals surface area contributed by atoms with Gasteiger partial charge < -0.3 is 15.0 Å². The summed E-state index contributed by atoms with van der Waals surface area (Å²) < 4.78 is 5.72. The molecule has 0 saturated carbocycles. The van der Waals surface area contributed by atoms with Crippen LogP contribution in [0.5, 0.6) is 5.75 Å². The van der Waals surface area contributed by atoms with Crippen molar-refractivity contribution in [1.82, 2.24) is 15.1 Å². The largest absolute Gasteiger partial charge is 0.492 e. The molecule has 1 aliphatic heterocycles. The number of benzene rings is 2. The van der Waals surface area contributed by atoms with Crippen molar-refractivity contribution >= 4 is 11.8 Å². The predicted molar refractivity (Wildman–Crippen MR) is 122 cm³/mol. The lowest BCUT2D eigenvalue weighted by Crippen LogP contribution is -2.51. The third-order valence-electron chi connectivity index (χ3n) is 5.46. The minimum Gasteiger partial charge on any atom is -0.492 e. The molecule has 0 aliphatic carbocycles. The van der Waals surface area contributed by atoms with Crippen molar-refractivity contribution in [2.45, 2.75) is 26.2 Å². The fourth-order valence-corrected chi connectivity index (χ4v) is 3.54. The van der Waals surface area contributed by atoms with Gasteiger partial charge in [0.05, 0.1) is 13.1 Å². The molecule has 0 unspecified atom stereocenters. The van der Waals surface area contributed by atoms with Crippen molar-refractivity contribution in [3.8, 4) is 5.75 Å². The summed E-state index contributed by atoms with van der Waals surface area (Å²) in [7, 11) is 0. The van der Waals surface area contributed by atoms with Crippen molar-refractivity contribution in [2.24, 2.45) is 0 Å². The fraction of sp³-hybridized carbons (Fsp3) is 0.440. The Hall–Kier alpha value is -2.86. The molecule has 3 rings (SSSR count). The van der Waals surface area contributed by atoms with E-state index in [1.807, 2.05) is 47.4 Å². The lowest BCUT2D eigenvalue weighted by atomic mass is 9.87. The van der Waals surface area contributed by atoms with Gasteiger partial charge in [-0.1, -0.05) is 51.1 Å². The summed E-state index contributed by atoms with van der Waals surface area (Å²) in [5.41, 5.74) is 2.09. The van der Waals surface area contributed by atoms with Crippen LogP contribution in [0.4, 0.5) is 0 Å². The quantitative estimate of drug-likeness (QED) is 0.696. The van der Waals surface area contributed by atoms with E-state index in [9.17, 15) is 9.59 Å². The first kappa shape index (κ1) is 22.8. The van der Waals surface area contributed by atoms with Gasteiger partial charge >= 0.3 is 0 Å². The molecular formula is C25H33N3O3. The summed E-state index contributed by atoms with van der Waals surface area (Å²) in [6, 6.07) is 17.4. The summed E-state index contributed by atoms with van der Waals surface area (Å²) in [5, 5.41) is 2.91. The highest BCUT2D eigenvalue weighted by molar-refractivity contribution is 5.94. The Kier molecular flexibility index (Phi) is 7.69. The van der Waals surface area contributed by atoms with E-state index in [0.29, 0.717) is 51.4 Å². The molecule has 2 amide bonds. The van der Waals surface area contributed by atoms with Crippen molar-refractivity contribution in [2.75, 3.05) is 45.9 Å². The number of carbonyl (C=O) groups is 2. The minimum atomic E-state index is -0.0190. The molecule has 0 atom stereocenters. The second kappa shape index (κ2) is 10.4. The van der Waals surface area contributed by atoms with Gasteiger partial charge in [0.15, 0.2) is 0 Å². The van der Waals surface area contributed by atoms with Gasteiger partial charge in [0, 0.05) is 31.7 Å². The normalized spacial score (nSPS) is 14.9. The lowest BCUT2D eigenvalue weighted by Gasteiger charge is -2.34. The van der Waals surface area contributed by atoms with Gasteiger partial charge in [0.1, 0.15) is 12.4 Å². The van der Waals surface area contributed by atoms with Crippen LogP contribution in [0.2, 0.25) is 0 Å². The standard InChI is InChI=1S/C25H33N3O3/c1-25(2,3)21-9-11-22(12-10-21)31-18-13-26-23(29)19-27-14-16-28(17-15-27)24(30)20-7-5-4-6-8-20/h4-12H,13-19H2,1-3H3,(H,26,29). The molecule has 6 nitrogen and oxygen atoms in total. The number of nitrogens with one attached hydrogen (secondary N) is 1. The Balaban J connectivity index is 1.32. The summed E-state index contributed by atoms with van der Waals surface area (Å²) in [6.45, 7) is 10.4. The van der Waals surface area contributed by atoms with Gasteiger partial charge in [-0.25, -0.2) is 0 Å². The van der Waals surface area contributed by atoms with Crippen molar-refractivity contribution < 1.29 is 14.3 Å². The number of piperazine rings is 1. The molecule has 0 bridgehead atoms. The van der Waals surface area contributed by atoms with Crippen LogP contribution in [0, 0.1) is 0 Å². The Morgan fingerprint density at radius 3 is 2.19 bits per heavy atom. The first-order valence-electron chi connectivity index (χ1n) is 10.9. The van der Waals surface area contributed by atoms with E-state index in [1.54, 1.807) is 0 Å². The number of carbonyl (C=O) groups excluding carboxylic acids is 2. The zero-order chi connectivity index (χ0) is 22.3. The van der Waals surface area contributed by atoms with E-state index in [1.165, 1.54) is 5.56 Å². The number of hydrogen-bond acceptors (Lipinski definition) is 4. The third-order valence-corrected chi connectivity index (χ3v) is 5.46. The third kappa shape index (κ3) is 6.82. The summed E-state index contributed by atoms with van der Waals surface area (Å²) >= 11 is 0. The van der Waals surface area contributed by atoms with Gasteiger partial charge in [-0.3, -0.25) is 14.5 Å². The fourth-order valence-electron chi connectivity index (χ4n) is 3.54. The Morgan fingerprint density at radius 1 is 0.935 bits per heavy atom. The topological polar surface area (TPSA) is 61.9 Å². The smallest absolute Gasteiger partial charge is 0.253 e. The van der Waals surface area contributed by atoms with Crippen molar-refractivity contribution in [1.29, 1.82) is 0 Å². The highest BCUT2D eigenvalue weighted by Crippen LogP contribution is 2.24. The first-order chi connectivity index (χ1) is 14.8. The van der Waals surface area contributed by atoms with Gasteiger partial charge in [-0.2, -0.15) is 0 Å². The minimum absolute atomic E-state index is 0.0190. The Morgan fingerprint density at radius 2 is 1.58 bits per heavy atom. The summed E-state index contributed by atoms with van der Waals surface area (Å²) in [5.74, 6) is 0.841. The molecule has 1 N–H and O–H groups in total. The van der Waals surface area contributed by atoms with Gasteiger partial charge in [0.2, 0.25) is 5.91 Å². The zero-order valence-corrected chi connectivity index (χ0v) is 18.8.